The Bertz CT molecular complexity index is 3490. The number of anilines is 9. The standard InChI is InChI=1S/C58H39N3OS/c1-6-20-40(21-7-1)59(45-34-35-56-50(36-45)48-31-18-19-33-55(48)63-56)46-37-53(61(43-26-12-4-13-27-43)44-28-14-5-15-29-44)57-51-39-52(47-30-16-17-32-49(47)58(51)62-54(57)38-46)60(41-22-8-2-9-23-41)42-24-10-3-11-25-42/h1-39H. The van der Waals surface area contributed by atoms with Crippen LogP contribution in [-0.4, -0.2) is 0 Å². The van der Waals surface area contributed by atoms with Crippen molar-refractivity contribution < 1.29 is 4.42 Å². The summed E-state index contributed by atoms with van der Waals surface area (Å²) >= 11 is 1.84. The molecule has 0 aliphatic rings. The summed E-state index contributed by atoms with van der Waals surface area (Å²) in [5, 5.41) is 6.72. The Labute approximate surface area is 369 Å². The molecule has 10 aromatic carbocycles. The Morgan fingerprint density at radius 3 is 1.32 bits per heavy atom. The third-order valence-corrected chi connectivity index (χ3v) is 13.1. The molecule has 0 radical (unpaired) electrons. The highest BCUT2D eigenvalue weighted by Gasteiger charge is 2.26. The van der Waals surface area contributed by atoms with Crippen LogP contribution in [0.3, 0.4) is 0 Å². The molecule has 0 spiro atoms. The molecule has 298 valence electrons. The highest BCUT2D eigenvalue weighted by molar-refractivity contribution is 7.25. The number of furan rings is 1. The number of hydrogen-bond donors (Lipinski definition) is 0. The number of para-hydroxylation sites is 5. The van der Waals surface area contributed by atoms with Gasteiger partial charge in [-0.3, -0.25) is 0 Å². The molecule has 0 amide bonds. The predicted molar refractivity (Wildman–Crippen MR) is 268 cm³/mol. The Balaban J connectivity index is 1.19. The molecular weight excluding hydrogens is 787 g/mol. The van der Waals surface area contributed by atoms with E-state index >= 15 is 0 Å². The third kappa shape index (κ3) is 6.37. The summed E-state index contributed by atoms with van der Waals surface area (Å²) in [6, 6.07) is 84.4. The van der Waals surface area contributed by atoms with Gasteiger partial charge in [0.15, 0.2) is 0 Å². The van der Waals surface area contributed by atoms with Crippen LogP contribution in [0.1, 0.15) is 0 Å². The maximum Gasteiger partial charge on any atom is 0.143 e. The number of benzene rings is 10. The molecule has 0 fully saturated rings. The van der Waals surface area contributed by atoms with E-state index < -0.39 is 0 Å². The fourth-order valence-corrected chi connectivity index (χ4v) is 10.3. The predicted octanol–water partition coefficient (Wildman–Crippen LogP) is 17.5. The van der Waals surface area contributed by atoms with Crippen molar-refractivity contribution in [2.75, 3.05) is 14.7 Å². The maximum absolute atomic E-state index is 7.28. The van der Waals surface area contributed by atoms with Gasteiger partial charge in [0.25, 0.3) is 0 Å². The van der Waals surface area contributed by atoms with Gasteiger partial charge in [-0.15, -0.1) is 11.3 Å². The molecule has 12 aromatic rings. The van der Waals surface area contributed by atoms with Gasteiger partial charge in [-0.25, -0.2) is 0 Å². The van der Waals surface area contributed by atoms with Crippen LogP contribution in [0.25, 0.3) is 52.9 Å². The molecule has 0 saturated heterocycles. The van der Waals surface area contributed by atoms with Gasteiger partial charge in [-0.1, -0.05) is 133 Å². The van der Waals surface area contributed by atoms with E-state index in [1.165, 1.54) is 20.2 Å². The number of thiophene rings is 1. The monoisotopic (exact) mass is 825 g/mol. The maximum atomic E-state index is 7.28. The lowest BCUT2D eigenvalue weighted by atomic mass is 10.00. The molecule has 0 aliphatic carbocycles. The van der Waals surface area contributed by atoms with E-state index in [1.807, 2.05) is 11.3 Å². The van der Waals surface area contributed by atoms with Crippen LogP contribution in [0.15, 0.2) is 241 Å². The van der Waals surface area contributed by atoms with Crippen molar-refractivity contribution in [2.45, 2.75) is 0 Å². The second-order valence-corrected chi connectivity index (χ2v) is 16.8. The molecule has 0 N–H and O–H groups in total. The van der Waals surface area contributed by atoms with Gasteiger partial charge < -0.3 is 19.1 Å². The summed E-state index contributed by atoms with van der Waals surface area (Å²) in [5.74, 6) is 0. The van der Waals surface area contributed by atoms with Gasteiger partial charge in [0.2, 0.25) is 0 Å². The fraction of sp³-hybridized carbons (Fsp3) is 0. The van der Waals surface area contributed by atoms with Crippen molar-refractivity contribution in [3.63, 3.8) is 0 Å². The van der Waals surface area contributed by atoms with Crippen LogP contribution in [-0.2, 0) is 0 Å². The first-order chi connectivity index (χ1) is 31.3. The van der Waals surface area contributed by atoms with Crippen LogP contribution >= 0.6 is 11.3 Å². The molecular formula is C58H39N3OS. The van der Waals surface area contributed by atoms with Gasteiger partial charge in [-0.2, -0.15) is 0 Å². The molecule has 4 nitrogen and oxygen atoms in total. The first-order valence-corrected chi connectivity index (χ1v) is 22.1. The molecule has 0 saturated carbocycles. The highest BCUT2D eigenvalue weighted by atomic mass is 32.1. The average Bonchev–Trinajstić information content (AvgIpc) is 3.92. The quantitative estimate of drug-likeness (QED) is 0.145. The second-order valence-electron chi connectivity index (χ2n) is 15.7. The van der Waals surface area contributed by atoms with Gasteiger partial charge in [0.1, 0.15) is 11.2 Å². The molecule has 0 atom stereocenters. The SMILES string of the molecule is c1ccc(N(c2cc(N(c3ccccc3)c3ccccc3)c3c(c2)oc2c4ccccc4c(N(c4ccccc4)c4ccccc4)cc23)c2ccc3sc4ccccc4c3c2)cc1. The topological polar surface area (TPSA) is 22.9 Å². The van der Waals surface area contributed by atoms with E-state index in [1.54, 1.807) is 0 Å². The lowest BCUT2D eigenvalue weighted by molar-refractivity contribution is 0.673. The summed E-state index contributed by atoms with van der Waals surface area (Å²) in [5.41, 5.74) is 11.1. The van der Waals surface area contributed by atoms with Crippen molar-refractivity contribution in [1.29, 1.82) is 0 Å². The Kier molecular flexibility index (Phi) is 8.98. The van der Waals surface area contributed by atoms with Crippen LogP contribution in [0.2, 0.25) is 0 Å². The van der Waals surface area contributed by atoms with E-state index in [4.69, 9.17) is 4.42 Å². The van der Waals surface area contributed by atoms with Crippen LogP contribution < -0.4 is 14.7 Å². The first kappa shape index (κ1) is 36.7. The van der Waals surface area contributed by atoms with Crippen molar-refractivity contribution in [3.05, 3.63) is 237 Å². The molecule has 0 unspecified atom stereocenters. The zero-order valence-electron chi connectivity index (χ0n) is 34.2. The number of hydrogen-bond acceptors (Lipinski definition) is 5. The van der Waals surface area contributed by atoms with Gasteiger partial charge >= 0.3 is 0 Å². The molecule has 12 rings (SSSR count). The number of nitrogens with zero attached hydrogens (tertiary/aromatic N) is 3. The fourth-order valence-electron chi connectivity index (χ4n) is 9.20. The molecule has 63 heavy (non-hydrogen) atoms. The zero-order valence-corrected chi connectivity index (χ0v) is 35.0. The summed E-state index contributed by atoms with van der Waals surface area (Å²) in [6.45, 7) is 0. The van der Waals surface area contributed by atoms with E-state index in [0.717, 1.165) is 83.9 Å². The Morgan fingerprint density at radius 2 is 0.746 bits per heavy atom. The van der Waals surface area contributed by atoms with Gasteiger partial charge in [0.05, 0.1) is 22.4 Å². The minimum Gasteiger partial charge on any atom is -0.455 e. The first-order valence-electron chi connectivity index (χ1n) is 21.3. The van der Waals surface area contributed by atoms with E-state index in [0.29, 0.717) is 0 Å². The summed E-state index contributed by atoms with van der Waals surface area (Å²) in [6.07, 6.45) is 0. The molecule has 5 heteroatoms. The van der Waals surface area contributed by atoms with Crippen LogP contribution in [0, 0.1) is 0 Å². The molecule has 0 bridgehead atoms. The summed E-state index contributed by atoms with van der Waals surface area (Å²) in [7, 11) is 0. The molecule has 2 heterocycles. The van der Waals surface area contributed by atoms with Gasteiger partial charge in [-0.05, 0) is 97.1 Å². The van der Waals surface area contributed by atoms with E-state index in [2.05, 4.69) is 251 Å². The van der Waals surface area contributed by atoms with E-state index in [9.17, 15) is 0 Å². The smallest absolute Gasteiger partial charge is 0.143 e. The lowest BCUT2D eigenvalue weighted by Gasteiger charge is -2.30. The zero-order chi connectivity index (χ0) is 41.7. The largest absolute Gasteiger partial charge is 0.455 e. The summed E-state index contributed by atoms with van der Waals surface area (Å²) < 4.78 is 9.83. The minimum atomic E-state index is 0.797. The lowest BCUT2D eigenvalue weighted by Crippen LogP contribution is -2.13. The van der Waals surface area contributed by atoms with Crippen molar-refractivity contribution in [2.24, 2.45) is 0 Å². The van der Waals surface area contributed by atoms with Crippen LogP contribution in [0.5, 0.6) is 0 Å². The van der Waals surface area contributed by atoms with Gasteiger partial charge in [0, 0.05) is 76.5 Å². The third-order valence-electron chi connectivity index (χ3n) is 12.0. The van der Waals surface area contributed by atoms with Crippen molar-refractivity contribution >= 4 is 115 Å². The second kappa shape index (κ2) is 15.4. The number of rotatable bonds is 9. The number of fused-ring (bicyclic) bond motifs is 8. The Hall–Kier alpha value is -8.12. The normalized spacial score (nSPS) is 11.5. The minimum absolute atomic E-state index is 0.797. The van der Waals surface area contributed by atoms with Crippen LogP contribution in [0.4, 0.5) is 51.2 Å². The average molecular weight is 826 g/mol. The Morgan fingerprint density at radius 1 is 0.286 bits per heavy atom. The summed E-state index contributed by atoms with van der Waals surface area (Å²) in [4.78, 5) is 7.11. The van der Waals surface area contributed by atoms with Crippen molar-refractivity contribution in [1.82, 2.24) is 0 Å². The molecule has 2 aromatic heterocycles. The van der Waals surface area contributed by atoms with Crippen molar-refractivity contribution in [3.8, 4) is 0 Å². The highest BCUT2D eigenvalue weighted by Crippen LogP contribution is 2.51. The molecule has 0 aliphatic heterocycles. The van der Waals surface area contributed by atoms with E-state index in [-0.39, 0.29) is 0 Å².